The highest BCUT2D eigenvalue weighted by molar-refractivity contribution is 5.87. The first kappa shape index (κ1) is 24.9. The normalized spacial score (nSPS) is 15.0. The summed E-state index contributed by atoms with van der Waals surface area (Å²) < 4.78 is 2.01. The number of likely N-dealkylation sites (tertiary alicyclic amines) is 1. The Hall–Kier alpha value is -3.78. The SMILES string of the molecule is C=Cc1[nH]n2c(C(C)N3CCCCC3)nnc2c1Nc1ccc(N(CC)c2ccccc2)cc1N(C)C. The average Bonchev–Trinajstić information content (AvgIpc) is 3.50. The van der Waals surface area contributed by atoms with Gasteiger partial charge in [-0.15, -0.1) is 10.2 Å². The van der Waals surface area contributed by atoms with Crippen molar-refractivity contribution < 1.29 is 0 Å². The number of piperidine rings is 1. The van der Waals surface area contributed by atoms with Crippen LogP contribution in [0.1, 0.15) is 50.7 Å². The van der Waals surface area contributed by atoms with Crippen LogP contribution < -0.4 is 15.1 Å². The second-order valence-electron chi connectivity index (χ2n) is 9.90. The molecule has 194 valence electrons. The third-order valence-electron chi connectivity index (χ3n) is 7.35. The number of para-hydroxylation sites is 1. The maximum absolute atomic E-state index is 4.60. The number of nitrogens with zero attached hydrogens (tertiary/aromatic N) is 6. The number of nitrogens with one attached hydrogen (secondary N) is 2. The van der Waals surface area contributed by atoms with E-state index in [9.17, 15) is 0 Å². The van der Waals surface area contributed by atoms with Crippen LogP contribution in [-0.2, 0) is 0 Å². The maximum atomic E-state index is 4.60. The number of hydrogen-bond acceptors (Lipinski definition) is 6. The second kappa shape index (κ2) is 10.7. The van der Waals surface area contributed by atoms with Gasteiger partial charge >= 0.3 is 0 Å². The van der Waals surface area contributed by atoms with Gasteiger partial charge in [0.15, 0.2) is 5.82 Å². The van der Waals surface area contributed by atoms with Crippen LogP contribution >= 0.6 is 0 Å². The predicted octanol–water partition coefficient (Wildman–Crippen LogP) is 6.21. The molecule has 2 aromatic carbocycles. The molecule has 1 fully saturated rings. The van der Waals surface area contributed by atoms with Crippen LogP contribution in [0, 0.1) is 0 Å². The minimum Gasteiger partial charge on any atom is -0.376 e. The number of H-pyrrole nitrogens is 1. The molecule has 0 amide bonds. The molecular weight excluding hydrogens is 460 g/mol. The highest BCUT2D eigenvalue weighted by Crippen LogP contribution is 2.37. The molecule has 5 rings (SSSR count). The van der Waals surface area contributed by atoms with Crippen molar-refractivity contribution in [2.45, 2.75) is 39.2 Å². The minimum atomic E-state index is 0.189. The smallest absolute Gasteiger partial charge is 0.201 e. The molecule has 1 aliphatic rings. The van der Waals surface area contributed by atoms with Crippen molar-refractivity contribution in [2.24, 2.45) is 0 Å². The molecule has 2 aromatic heterocycles. The van der Waals surface area contributed by atoms with Crippen LogP contribution in [0.2, 0.25) is 0 Å². The van der Waals surface area contributed by atoms with Crippen molar-refractivity contribution in [2.75, 3.05) is 48.8 Å². The molecule has 8 heteroatoms. The van der Waals surface area contributed by atoms with Crippen LogP contribution in [0.5, 0.6) is 0 Å². The van der Waals surface area contributed by atoms with Gasteiger partial charge in [0.25, 0.3) is 0 Å². The van der Waals surface area contributed by atoms with Crippen molar-refractivity contribution in [1.82, 2.24) is 24.7 Å². The van der Waals surface area contributed by atoms with Gasteiger partial charge in [0.1, 0.15) is 5.69 Å². The summed E-state index contributed by atoms with van der Waals surface area (Å²) in [5.41, 5.74) is 6.96. The molecule has 0 aliphatic carbocycles. The number of aromatic amines is 1. The van der Waals surface area contributed by atoms with Crippen LogP contribution in [0.25, 0.3) is 11.7 Å². The Morgan fingerprint density at radius 1 is 1.05 bits per heavy atom. The fourth-order valence-electron chi connectivity index (χ4n) is 5.30. The standard InChI is InChI=1S/C29H38N8/c1-6-24-27(29-32-31-28(37(29)33-24)21(3)35-18-12-9-13-19-35)30-25-17-16-23(20-26(25)34(4)5)36(7-2)22-14-10-8-11-15-22/h6,8,10-11,14-17,20-21,30,33H,1,7,9,12-13,18-19H2,2-5H3. The third-order valence-corrected chi connectivity index (χ3v) is 7.35. The van der Waals surface area contributed by atoms with Crippen molar-refractivity contribution in [3.05, 3.63) is 66.6 Å². The summed E-state index contributed by atoms with van der Waals surface area (Å²) in [5.74, 6) is 0.928. The van der Waals surface area contributed by atoms with Crippen LogP contribution in [0.4, 0.5) is 28.4 Å². The van der Waals surface area contributed by atoms with Gasteiger partial charge in [-0.1, -0.05) is 31.2 Å². The predicted molar refractivity (Wildman–Crippen MR) is 154 cm³/mol. The van der Waals surface area contributed by atoms with Gasteiger partial charge in [-0.05, 0) is 76.2 Å². The molecule has 0 bridgehead atoms. The fourth-order valence-corrected chi connectivity index (χ4v) is 5.30. The summed E-state index contributed by atoms with van der Waals surface area (Å²) in [7, 11) is 4.14. The van der Waals surface area contributed by atoms with E-state index < -0.39 is 0 Å². The van der Waals surface area contributed by atoms with Crippen molar-refractivity contribution in [3.8, 4) is 0 Å². The molecule has 4 aromatic rings. The van der Waals surface area contributed by atoms with Crippen LogP contribution in [0.3, 0.4) is 0 Å². The Kier molecular flexibility index (Phi) is 7.19. The van der Waals surface area contributed by atoms with Gasteiger partial charge in [0.05, 0.1) is 23.1 Å². The molecule has 0 spiro atoms. The third kappa shape index (κ3) is 4.81. The molecule has 2 N–H and O–H groups in total. The van der Waals surface area contributed by atoms with Crippen LogP contribution in [0.15, 0.2) is 55.1 Å². The number of rotatable bonds is 9. The van der Waals surface area contributed by atoms with Gasteiger partial charge < -0.3 is 15.1 Å². The molecule has 1 unspecified atom stereocenters. The molecule has 1 atom stereocenters. The van der Waals surface area contributed by atoms with Gasteiger partial charge in [-0.25, -0.2) is 4.52 Å². The van der Waals surface area contributed by atoms with Gasteiger partial charge in [0, 0.05) is 32.0 Å². The average molecular weight is 499 g/mol. The molecule has 0 saturated carbocycles. The number of aromatic nitrogens is 4. The summed E-state index contributed by atoms with van der Waals surface area (Å²) >= 11 is 0. The van der Waals surface area contributed by atoms with Gasteiger partial charge in [0.2, 0.25) is 5.65 Å². The van der Waals surface area contributed by atoms with Crippen molar-refractivity contribution in [1.29, 1.82) is 0 Å². The Balaban J connectivity index is 1.49. The Morgan fingerprint density at radius 3 is 2.49 bits per heavy atom. The van der Waals surface area contributed by atoms with E-state index in [-0.39, 0.29) is 6.04 Å². The Bertz CT molecular complexity index is 1350. The molecule has 1 saturated heterocycles. The zero-order valence-corrected chi connectivity index (χ0v) is 22.4. The van der Waals surface area contributed by atoms with Gasteiger partial charge in [-0.2, -0.15) is 0 Å². The largest absolute Gasteiger partial charge is 0.376 e. The number of fused-ring (bicyclic) bond motifs is 1. The first-order valence-corrected chi connectivity index (χ1v) is 13.3. The lowest BCUT2D eigenvalue weighted by Crippen LogP contribution is -2.33. The summed E-state index contributed by atoms with van der Waals surface area (Å²) in [6.45, 7) is 11.5. The lowest BCUT2D eigenvalue weighted by Gasteiger charge is -2.30. The zero-order chi connectivity index (χ0) is 25.9. The first-order chi connectivity index (χ1) is 18.0. The highest BCUT2D eigenvalue weighted by Gasteiger charge is 2.25. The minimum absolute atomic E-state index is 0.189. The Morgan fingerprint density at radius 2 is 1.81 bits per heavy atom. The van der Waals surface area contributed by atoms with Crippen molar-refractivity contribution >= 4 is 40.2 Å². The highest BCUT2D eigenvalue weighted by atomic mass is 15.4. The van der Waals surface area contributed by atoms with E-state index in [0.29, 0.717) is 0 Å². The van der Waals surface area contributed by atoms with E-state index >= 15 is 0 Å². The lowest BCUT2D eigenvalue weighted by atomic mass is 10.1. The zero-order valence-electron chi connectivity index (χ0n) is 22.4. The molecular formula is C29H38N8. The Labute approximate surface area is 219 Å². The number of hydrogen-bond donors (Lipinski definition) is 2. The summed E-state index contributed by atoms with van der Waals surface area (Å²) in [5, 5.41) is 16.3. The molecule has 37 heavy (non-hydrogen) atoms. The van der Waals surface area contributed by atoms with E-state index in [1.807, 2.05) is 16.7 Å². The van der Waals surface area contributed by atoms with E-state index in [0.717, 1.165) is 59.5 Å². The van der Waals surface area contributed by atoms with Crippen LogP contribution in [-0.4, -0.2) is 58.4 Å². The quantitative estimate of drug-likeness (QED) is 0.286. The molecule has 1 aliphatic heterocycles. The second-order valence-corrected chi connectivity index (χ2v) is 9.90. The maximum Gasteiger partial charge on any atom is 0.201 e. The lowest BCUT2D eigenvalue weighted by molar-refractivity contribution is 0.167. The van der Waals surface area contributed by atoms with E-state index in [4.69, 9.17) is 0 Å². The van der Waals surface area contributed by atoms with E-state index in [1.54, 1.807) is 0 Å². The summed E-state index contributed by atoms with van der Waals surface area (Å²) in [6, 6.07) is 17.2. The molecule has 8 nitrogen and oxygen atoms in total. The van der Waals surface area contributed by atoms with E-state index in [1.165, 1.54) is 24.9 Å². The first-order valence-electron chi connectivity index (χ1n) is 13.3. The number of anilines is 5. The fraction of sp³-hybridized carbons (Fsp3) is 0.379. The monoisotopic (exact) mass is 498 g/mol. The van der Waals surface area contributed by atoms with Gasteiger partial charge in [-0.3, -0.25) is 10.00 Å². The van der Waals surface area contributed by atoms with E-state index in [2.05, 4.69) is 112 Å². The number of benzene rings is 2. The summed E-state index contributed by atoms with van der Waals surface area (Å²) in [4.78, 5) is 6.94. The summed E-state index contributed by atoms with van der Waals surface area (Å²) in [6.07, 6.45) is 5.63. The molecule has 0 radical (unpaired) electrons. The topological polar surface area (TPSA) is 67.7 Å². The molecule has 3 heterocycles. The van der Waals surface area contributed by atoms with Crippen molar-refractivity contribution in [3.63, 3.8) is 0 Å².